The molecule has 0 amide bonds. The Hall–Kier alpha value is -1.43. The lowest BCUT2D eigenvalue weighted by atomic mass is 10.0. The van der Waals surface area contributed by atoms with Gasteiger partial charge in [0.05, 0.1) is 31.0 Å². The smallest absolute Gasteiger partial charge is 0.305 e. The second kappa shape index (κ2) is 25.0. The van der Waals surface area contributed by atoms with Gasteiger partial charge in [-0.25, -0.2) is 0 Å². The van der Waals surface area contributed by atoms with Crippen molar-refractivity contribution in [1.29, 1.82) is 0 Å². The monoisotopic (exact) mass is 590 g/mol. The second-order valence-electron chi connectivity index (χ2n) is 13.2. The molecule has 0 atom stereocenters. The number of benzene rings is 1. The largest absolute Gasteiger partial charge is 0.463 e. The number of esters is 1. The molecule has 0 radical (unpaired) electrons. The van der Waals surface area contributed by atoms with Gasteiger partial charge in [0.2, 0.25) is 0 Å². The van der Waals surface area contributed by atoms with Crippen molar-refractivity contribution in [3.63, 3.8) is 0 Å². The number of carbonyl (C=O) groups excluding carboxylic acids is 1. The van der Waals surface area contributed by atoms with E-state index in [-0.39, 0.29) is 17.2 Å². The van der Waals surface area contributed by atoms with E-state index in [0.29, 0.717) is 39.5 Å². The Morgan fingerprint density at radius 2 is 1.10 bits per heavy atom. The average molecular weight is 591 g/mol. The highest BCUT2D eigenvalue weighted by molar-refractivity contribution is 5.69. The standard InChI is InChI=1S/C37H66O5/c1-6-7-8-9-10-11-12-13-14-15-16-17-18-19-23-26-35(38)40-32-31-39-29-27-36(2,3)41-30-28-37(4,5)42-33-34-24-21-20-22-25-34/h20-22,24-25H,6-19,23,26-33H2,1-5H3. The molecule has 1 aromatic rings. The minimum atomic E-state index is -0.278. The Morgan fingerprint density at radius 1 is 0.595 bits per heavy atom. The molecule has 244 valence electrons. The van der Waals surface area contributed by atoms with E-state index >= 15 is 0 Å². The van der Waals surface area contributed by atoms with Gasteiger partial charge in [-0.2, -0.15) is 0 Å². The normalized spacial score (nSPS) is 12.1. The highest BCUT2D eigenvalue weighted by atomic mass is 16.6. The molecule has 0 aliphatic heterocycles. The fraction of sp³-hybridized carbons (Fsp3) is 0.811. The van der Waals surface area contributed by atoms with Crippen molar-refractivity contribution >= 4 is 5.97 Å². The zero-order chi connectivity index (χ0) is 30.8. The second-order valence-corrected chi connectivity index (χ2v) is 13.2. The van der Waals surface area contributed by atoms with Gasteiger partial charge >= 0.3 is 5.97 Å². The molecule has 0 aliphatic rings. The maximum atomic E-state index is 12.0. The molecule has 5 heteroatoms. The lowest BCUT2D eigenvalue weighted by molar-refractivity contribution is -0.145. The van der Waals surface area contributed by atoms with Crippen molar-refractivity contribution in [2.75, 3.05) is 26.4 Å². The maximum Gasteiger partial charge on any atom is 0.305 e. The molecule has 0 fully saturated rings. The van der Waals surface area contributed by atoms with Gasteiger partial charge in [0.15, 0.2) is 0 Å². The van der Waals surface area contributed by atoms with Gasteiger partial charge in [-0.05, 0) is 52.5 Å². The molecule has 0 spiro atoms. The topological polar surface area (TPSA) is 54.0 Å². The zero-order valence-electron chi connectivity index (χ0n) is 28.2. The van der Waals surface area contributed by atoms with Crippen LogP contribution in [0.3, 0.4) is 0 Å². The number of ether oxygens (including phenoxy) is 4. The van der Waals surface area contributed by atoms with Gasteiger partial charge in [-0.1, -0.05) is 127 Å². The minimum Gasteiger partial charge on any atom is -0.463 e. The summed E-state index contributed by atoms with van der Waals surface area (Å²) in [5.74, 6) is -0.103. The molecule has 0 saturated heterocycles. The number of unbranched alkanes of at least 4 members (excludes halogenated alkanes) is 14. The predicted octanol–water partition coefficient (Wildman–Crippen LogP) is 10.4. The molecule has 0 aliphatic carbocycles. The summed E-state index contributed by atoms with van der Waals surface area (Å²) in [7, 11) is 0. The summed E-state index contributed by atoms with van der Waals surface area (Å²) in [4.78, 5) is 12.0. The van der Waals surface area contributed by atoms with Gasteiger partial charge < -0.3 is 18.9 Å². The highest BCUT2D eigenvalue weighted by Crippen LogP contribution is 2.21. The molecule has 5 nitrogen and oxygen atoms in total. The van der Waals surface area contributed by atoms with Crippen LogP contribution in [-0.2, 0) is 30.3 Å². The number of hydrogen-bond donors (Lipinski definition) is 0. The first-order valence-corrected chi connectivity index (χ1v) is 17.3. The molecular formula is C37H66O5. The quantitative estimate of drug-likeness (QED) is 0.0686. The Morgan fingerprint density at radius 3 is 1.67 bits per heavy atom. The third-order valence-electron chi connectivity index (χ3n) is 7.99. The first-order valence-electron chi connectivity index (χ1n) is 17.3. The van der Waals surface area contributed by atoms with Crippen LogP contribution >= 0.6 is 0 Å². The van der Waals surface area contributed by atoms with Gasteiger partial charge in [0.25, 0.3) is 0 Å². The van der Waals surface area contributed by atoms with Crippen molar-refractivity contribution in [2.45, 2.75) is 168 Å². The van der Waals surface area contributed by atoms with Gasteiger partial charge in [-0.3, -0.25) is 4.79 Å². The SMILES string of the molecule is CCCCCCCCCCCCCCCCCC(=O)OCCOCCC(C)(C)OCCC(C)(C)OCc1ccccc1. The van der Waals surface area contributed by atoms with Crippen LogP contribution in [-0.4, -0.2) is 43.6 Å². The fourth-order valence-electron chi connectivity index (χ4n) is 4.92. The van der Waals surface area contributed by atoms with E-state index in [1.807, 2.05) is 18.2 Å². The van der Waals surface area contributed by atoms with E-state index in [4.69, 9.17) is 18.9 Å². The van der Waals surface area contributed by atoms with E-state index in [9.17, 15) is 4.79 Å². The number of carbonyl (C=O) groups is 1. The molecule has 1 aromatic carbocycles. The van der Waals surface area contributed by atoms with Crippen molar-refractivity contribution in [3.8, 4) is 0 Å². The maximum absolute atomic E-state index is 12.0. The molecule has 0 heterocycles. The summed E-state index contributed by atoms with van der Waals surface area (Å²) < 4.78 is 23.3. The third kappa shape index (κ3) is 24.1. The van der Waals surface area contributed by atoms with E-state index in [2.05, 4.69) is 46.8 Å². The minimum absolute atomic E-state index is 0.103. The van der Waals surface area contributed by atoms with Crippen molar-refractivity contribution in [2.24, 2.45) is 0 Å². The Kier molecular flexibility index (Phi) is 22.9. The van der Waals surface area contributed by atoms with Crippen LogP contribution in [0.5, 0.6) is 0 Å². The van der Waals surface area contributed by atoms with Crippen molar-refractivity contribution in [3.05, 3.63) is 35.9 Å². The van der Waals surface area contributed by atoms with Crippen LogP contribution in [0, 0.1) is 0 Å². The van der Waals surface area contributed by atoms with Crippen LogP contribution in [0.2, 0.25) is 0 Å². The van der Waals surface area contributed by atoms with Crippen LogP contribution in [0.1, 0.15) is 156 Å². The molecule has 1 rings (SSSR count). The lowest BCUT2D eigenvalue weighted by Crippen LogP contribution is -2.31. The van der Waals surface area contributed by atoms with Crippen LogP contribution < -0.4 is 0 Å². The van der Waals surface area contributed by atoms with E-state index < -0.39 is 0 Å². The fourth-order valence-corrected chi connectivity index (χ4v) is 4.92. The van der Waals surface area contributed by atoms with E-state index in [1.54, 1.807) is 0 Å². The summed E-state index contributed by atoms with van der Waals surface area (Å²) in [6, 6.07) is 10.2. The molecule has 0 bridgehead atoms. The van der Waals surface area contributed by atoms with Crippen LogP contribution in [0.25, 0.3) is 0 Å². The Bertz CT molecular complexity index is 746. The van der Waals surface area contributed by atoms with Crippen molar-refractivity contribution < 1.29 is 23.7 Å². The summed E-state index contributed by atoms with van der Waals surface area (Å²) in [6.45, 7) is 13.2. The molecule has 42 heavy (non-hydrogen) atoms. The Balaban J connectivity index is 1.89. The van der Waals surface area contributed by atoms with Crippen LogP contribution in [0.15, 0.2) is 30.3 Å². The predicted molar refractivity (Wildman–Crippen MR) is 176 cm³/mol. The van der Waals surface area contributed by atoms with E-state index in [1.165, 1.54) is 89.0 Å². The third-order valence-corrected chi connectivity index (χ3v) is 7.99. The van der Waals surface area contributed by atoms with Gasteiger partial charge in [-0.15, -0.1) is 0 Å². The van der Waals surface area contributed by atoms with Crippen LogP contribution in [0.4, 0.5) is 0 Å². The number of hydrogen-bond acceptors (Lipinski definition) is 5. The Labute approximate surface area is 259 Å². The lowest BCUT2D eigenvalue weighted by Gasteiger charge is -2.30. The summed E-state index contributed by atoms with van der Waals surface area (Å²) >= 11 is 0. The molecule has 0 N–H and O–H groups in total. The van der Waals surface area contributed by atoms with E-state index in [0.717, 1.165) is 25.7 Å². The molecule has 0 aromatic heterocycles. The van der Waals surface area contributed by atoms with Gasteiger partial charge in [0, 0.05) is 13.0 Å². The molecule has 0 saturated carbocycles. The number of rotatable bonds is 29. The first-order chi connectivity index (χ1) is 20.2. The zero-order valence-corrected chi connectivity index (χ0v) is 28.2. The van der Waals surface area contributed by atoms with Gasteiger partial charge in [0.1, 0.15) is 6.61 Å². The average Bonchev–Trinajstić information content (AvgIpc) is 2.96. The van der Waals surface area contributed by atoms with Crippen molar-refractivity contribution in [1.82, 2.24) is 0 Å². The molecule has 0 unspecified atom stereocenters. The summed E-state index contributed by atoms with van der Waals surface area (Å²) in [6.07, 6.45) is 22.0. The summed E-state index contributed by atoms with van der Waals surface area (Å²) in [5, 5.41) is 0. The highest BCUT2D eigenvalue weighted by Gasteiger charge is 2.23. The molecular weight excluding hydrogens is 524 g/mol. The summed E-state index contributed by atoms with van der Waals surface area (Å²) in [5.41, 5.74) is 0.651. The first kappa shape index (κ1) is 38.6.